The predicted octanol–water partition coefficient (Wildman–Crippen LogP) is 4.53. The topological polar surface area (TPSA) is 21.3 Å². The van der Waals surface area contributed by atoms with Crippen LogP contribution in [-0.2, 0) is 6.42 Å². The standard InChI is InChI=1S/C15H17BrFNOS/c1-4-9-5-6-14(20-9)15(18-2)10-7-11(16)12(17)8-13(10)19-3/h5-8,15,18H,4H2,1-3H3. The summed E-state index contributed by atoms with van der Waals surface area (Å²) >= 11 is 5.01. The highest BCUT2D eigenvalue weighted by molar-refractivity contribution is 9.10. The number of hydrogen-bond donors (Lipinski definition) is 1. The quantitative estimate of drug-likeness (QED) is 0.848. The molecule has 5 heteroatoms. The van der Waals surface area contributed by atoms with Crippen molar-refractivity contribution in [3.8, 4) is 5.75 Å². The fraction of sp³-hybridized carbons (Fsp3) is 0.333. The van der Waals surface area contributed by atoms with Gasteiger partial charge in [-0.3, -0.25) is 0 Å². The Morgan fingerprint density at radius 2 is 2.15 bits per heavy atom. The molecule has 1 N–H and O–H groups in total. The third-order valence-electron chi connectivity index (χ3n) is 3.19. The molecular formula is C15H17BrFNOS. The molecule has 0 aliphatic heterocycles. The van der Waals surface area contributed by atoms with Crippen molar-refractivity contribution < 1.29 is 9.13 Å². The van der Waals surface area contributed by atoms with Crippen LogP contribution >= 0.6 is 27.3 Å². The van der Waals surface area contributed by atoms with Gasteiger partial charge in [0.05, 0.1) is 17.6 Å². The van der Waals surface area contributed by atoms with Crippen LogP contribution in [0, 0.1) is 5.82 Å². The van der Waals surface area contributed by atoms with Crippen LogP contribution in [-0.4, -0.2) is 14.2 Å². The second-order valence-corrected chi connectivity index (χ2v) is 6.44. The SMILES string of the molecule is CCc1ccc(C(NC)c2cc(Br)c(F)cc2OC)s1. The van der Waals surface area contributed by atoms with Crippen molar-refractivity contribution in [2.75, 3.05) is 14.2 Å². The van der Waals surface area contributed by atoms with Crippen molar-refractivity contribution in [2.24, 2.45) is 0 Å². The number of benzene rings is 1. The van der Waals surface area contributed by atoms with Crippen LogP contribution in [0.5, 0.6) is 5.75 Å². The zero-order valence-electron chi connectivity index (χ0n) is 11.7. The molecule has 2 nitrogen and oxygen atoms in total. The van der Waals surface area contributed by atoms with Gasteiger partial charge >= 0.3 is 0 Å². The first-order chi connectivity index (χ1) is 9.60. The van der Waals surface area contributed by atoms with E-state index in [-0.39, 0.29) is 11.9 Å². The Hall–Kier alpha value is -0.910. The van der Waals surface area contributed by atoms with Crippen molar-refractivity contribution in [1.82, 2.24) is 5.32 Å². The van der Waals surface area contributed by atoms with Crippen LogP contribution in [0.4, 0.5) is 4.39 Å². The zero-order chi connectivity index (χ0) is 14.7. The van der Waals surface area contributed by atoms with E-state index >= 15 is 0 Å². The van der Waals surface area contributed by atoms with Gasteiger partial charge in [0, 0.05) is 21.4 Å². The zero-order valence-corrected chi connectivity index (χ0v) is 14.1. The highest BCUT2D eigenvalue weighted by Gasteiger charge is 2.20. The lowest BCUT2D eigenvalue weighted by atomic mass is 10.0. The molecule has 0 aliphatic carbocycles. The molecule has 0 aliphatic rings. The van der Waals surface area contributed by atoms with E-state index in [9.17, 15) is 4.39 Å². The lowest BCUT2D eigenvalue weighted by molar-refractivity contribution is 0.401. The number of methoxy groups -OCH3 is 1. The molecule has 1 unspecified atom stereocenters. The monoisotopic (exact) mass is 357 g/mol. The molecule has 2 aromatic rings. The number of hydrogen-bond acceptors (Lipinski definition) is 3. The number of thiophene rings is 1. The molecular weight excluding hydrogens is 341 g/mol. The van der Waals surface area contributed by atoms with Crippen LogP contribution in [0.1, 0.15) is 28.3 Å². The summed E-state index contributed by atoms with van der Waals surface area (Å²) in [5.41, 5.74) is 0.924. The maximum absolute atomic E-state index is 13.6. The van der Waals surface area contributed by atoms with E-state index in [0.29, 0.717) is 10.2 Å². The normalized spacial score (nSPS) is 12.4. The van der Waals surface area contributed by atoms with Gasteiger partial charge in [0.15, 0.2) is 0 Å². The van der Waals surface area contributed by atoms with Crippen LogP contribution in [0.3, 0.4) is 0 Å². The largest absolute Gasteiger partial charge is 0.496 e. The van der Waals surface area contributed by atoms with Crippen LogP contribution in [0.25, 0.3) is 0 Å². The molecule has 1 atom stereocenters. The fourth-order valence-electron chi connectivity index (χ4n) is 2.14. The lowest BCUT2D eigenvalue weighted by Crippen LogP contribution is -2.17. The van der Waals surface area contributed by atoms with Gasteiger partial charge in [0.25, 0.3) is 0 Å². The molecule has 1 aromatic heterocycles. The van der Waals surface area contributed by atoms with Crippen molar-refractivity contribution in [2.45, 2.75) is 19.4 Å². The van der Waals surface area contributed by atoms with E-state index in [0.717, 1.165) is 12.0 Å². The summed E-state index contributed by atoms with van der Waals surface area (Å²) in [6.45, 7) is 2.14. The maximum Gasteiger partial charge on any atom is 0.141 e. The van der Waals surface area contributed by atoms with Gasteiger partial charge in [-0.25, -0.2) is 4.39 Å². The number of nitrogens with one attached hydrogen (secondary N) is 1. The first-order valence-electron chi connectivity index (χ1n) is 6.39. The minimum absolute atomic E-state index is 0.00727. The van der Waals surface area contributed by atoms with E-state index in [1.165, 1.54) is 15.8 Å². The predicted molar refractivity (Wildman–Crippen MR) is 85.3 cm³/mol. The van der Waals surface area contributed by atoms with E-state index in [1.807, 2.05) is 7.05 Å². The molecule has 1 heterocycles. The first-order valence-corrected chi connectivity index (χ1v) is 8.00. The average molecular weight is 358 g/mol. The highest BCUT2D eigenvalue weighted by Crippen LogP contribution is 2.36. The summed E-state index contributed by atoms with van der Waals surface area (Å²) < 4.78 is 19.4. The Kier molecular flexibility index (Phi) is 5.18. The number of halogens is 2. The van der Waals surface area contributed by atoms with E-state index in [2.05, 4.69) is 40.3 Å². The van der Waals surface area contributed by atoms with Crippen LogP contribution in [0.15, 0.2) is 28.7 Å². The second kappa shape index (κ2) is 6.70. The van der Waals surface area contributed by atoms with Crippen molar-refractivity contribution >= 4 is 27.3 Å². The molecule has 0 spiro atoms. The summed E-state index contributed by atoms with van der Waals surface area (Å²) in [4.78, 5) is 2.53. The lowest BCUT2D eigenvalue weighted by Gasteiger charge is -2.19. The Morgan fingerprint density at radius 1 is 1.40 bits per heavy atom. The second-order valence-electron chi connectivity index (χ2n) is 4.39. The molecule has 0 bridgehead atoms. The third-order valence-corrected chi connectivity index (χ3v) is 5.09. The van der Waals surface area contributed by atoms with Gasteiger partial charge in [-0.1, -0.05) is 6.92 Å². The molecule has 0 radical (unpaired) electrons. The molecule has 0 saturated carbocycles. The van der Waals surface area contributed by atoms with E-state index in [4.69, 9.17) is 4.74 Å². The highest BCUT2D eigenvalue weighted by atomic mass is 79.9. The minimum Gasteiger partial charge on any atom is -0.496 e. The Morgan fingerprint density at radius 3 is 2.70 bits per heavy atom. The van der Waals surface area contributed by atoms with Gasteiger partial charge in [0.1, 0.15) is 11.6 Å². The third kappa shape index (κ3) is 3.05. The van der Waals surface area contributed by atoms with Gasteiger partial charge in [-0.15, -0.1) is 11.3 Å². The molecule has 0 fully saturated rings. The van der Waals surface area contributed by atoms with E-state index in [1.54, 1.807) is 24.5 Å². The van der Waals surface area contributed by atoms with Gasteiger partial charge in [0.2, 0.25) is 0 Å². The number of rotatable bonds is 5. The molecule has 2 rings (SSSR count). The number of aryl methyl sites for hydroxylation is 1. The summed E-state index contributed by atoms with van der Waals surface area (Å²) in [6.07, 6.45) is 1.02. The molecule has 20 heavy (non-hydrogen) atoms. The Labute approximate surface area is 131 Å². The van der Waals surface area contributed by atoms with Gasteiger partial charge < -0.3 is 10.1 Å². The Balaban J connectivity index is 2.48. The fourth-order valence-corrected chi connectivity index (χ4v) is 3.58. The summed E-state index contributed by atoms with van der Waals surface area (Å²) in [6, 6.07) is 7.43. The van der Waals surface area contributed by atoms with Crippen LogP contribution < -0.4 is 10.1 Å². The summed E-state index contributed by atoms with van der Waals surface area (Å²) in [5, 5.41) is 3.28. The molecule has 1 aromatic carbocycles. The molecule has 0 saturated heterocycles. The summed E-state index contributed by atoms with van der Waals surface area (Å²) in [7, 11) is 3.46. The van der Waals surface area contributed by atoms with Crippen LogP contribution in [0.2, 0.25) is 0 Å². The van der Waals surface area contributed by atoms with Crippen molar-refractivity contribution in [3.63, 3.8) is 0 Å². The average Bonchev–Trinajstić information content (AvgIpc) is 2.92. The smallest absolute Gasteiger partial charge is 0.141 e. The van der Waals surface area contributed by atoms with Crippen molar-refractivity contribution in [1.29, 1.82) is 0 Å². The number of ether oxygens (including phenoxy) is 1. The molecule has 0 amide bonds. The van der Waals surface area contributed by atoms with Gasteiger partial charge in [-0.05, 0) is 47.6 Å². The van der Waals surface area contributed by atoms with Gasteiger partial charge in [-0.2, -0.15) is 0 Å². The Bertz CT molecular complexity index is 600. The van der Waals surface area contributed by atoms with Crippen molar-refractivity contribution in [3.05, 3.63) is 49.9 Å². The van der Waals surface area contributed by atoms with E-state index < -0.39 is 0 Å². The minimum atomic E-state index is -0.319. The maximum atomic E-state index is 13.6. The molecule has 108 valence electrons. The first kappa shape index (κ1) is 15.5. The summed E-state index contributed by atoms with van der Waals surface area (Å²) in [5.74, 6) is 0.234.